The van der Waals surface area contributed by atoms with Crippen LogP contribution in [0.15, 0.2) is 60.8 Å². The molecule has 0 spiro atoms. The topological polar surface area (TPSA) is 42.0 Å². The summed E-state index contributed by atoms with van der Waals surface area (Å²) in [5.41, 5.74) is 2.79. The second-order valence-corrected chi connectivity index (χ2v) is 7.38. The number of amides is 1. The van der Waals surface area contributed by atoms with Crippen LogP contribution in [-0.2, 0) is 16.6 Å². The number of benzene rings is 2. The van der Waals surface area contributed by atoms with Crippen LogP contribution in [0, 0.1) is 0 Å². The Morgan fingerprint density at radius 3 is 2.69 bits per heavy atom. The van der Waals surface area contributed by atoms with E-state index in [1.165, 1.54) is 0 Å². The van der Waals surface area contributed by atoms with Crippen LogP contribution < -0.4 is 5.32 Å². The summed E-state index contributed by atoms with van der Waals surface area (Å²) < 4.78 is 0. The highest BCUT2D eigenvalue weighted by Crippen LogP contribution is 2.44. The van der Waals surface area contributed by atoms with Crippen LogP contribution in [0.5, 0.6) is 0 Å². The van der Waals surface area contributed by atoms with Gasteiger partial charge in [-0.1, -0.05) is 54.4 Å². The van der Waals surface area contributed by atoms with Crippen molar-refractivity contribution in [3.63, 3.8) is 0 Å². The molecule has 3 aromatic rings. The van der Waals surface area contributed by atoms with Crippen LogP contribution >= 0.6 is 11.6 Å². The highest BCUT2D eigenvalue weighted by Gasteiger charge is 2.45. The standard InChI is InChI=1S/C22H21ClN2O/c23-19-9-2-8-18(15-19)22(11-4-12-22)21(26)25-14-10-17-6-1-5-16-7-3-13-24-20(16)17/h1-3,5-9,13,15H,4,10-12,14H2,(H,25,26). The van der Waals surface area contributed by atoms with Crippen molar-refractivity contribution in [1.82, 2.24) is 10.3 Å². The molecule has 2 aromatic carbocycles. The zero-order valence-corrected chi connectivity index (χ0v) is 15.3. The minimum Gasteiger partial charge on any atom is -0.355 e. The third-order valence-electron chi connectivity index (χ3n) is 5.42. The van der Waals surface area contributed by atoms with E-state index in [4.69, 9.17) is 11.6 Å². The van der Waals surface area contributed by atoms with Crippen molar-refractivity contribution in [3.8, 4) is 0 Å². The van der Waals surface area contributed by atoms with Gasteiger partial charge in [0.1, 0.15) is 0 Å². The van der Waals surface area contributed by atoms with Crippen LogP contribution in [0.25, 0.3) is 10.9 Å². The van der Waals surface area contributed by atoms with Gasteiger partial charge < -0.3 is 5.32 Å². The molecule has 1 amide bonds. The first-order valence-electron chi connectivity index (χ1n) is 9.06. The molecule has 0 bridgehead atoms. The predicted molar refractivity (Wildman–Crippen MR) is 105 cm³/mol. The molecule has 26 heavy (non-hydrogen) atoms. The van der Waals surface area contributed by atoms with Gasteiger partial charge in [0.2, 0.25) is 5.91 Å². The first-order chi connectivity index (χ1) is 12.7. The Kier molecular flexibility index (Phi) is 4.64. The zero-order chi connectivity index (χ0) is 18.0. The van der Waals surface area contributed by atoms with Gasteiger partial charge in [-0.05, 0) is 48.6 Å². The number of hydrogen-bond donors (Lipinski definition) is 1. The Bertz CT molecular complexity index is 944. The maximum Gasteiger partial charge on any atom is 0.230 e. The van der Waals surface area contributed by atoms with E-state index in [9.17, 15) is 4.79 Å². The van der Waals surface area contributed by atoms with Gasteiger partial charge in [0.25, 0.3) is 0 Å². The molecule has 1 saturated carbocycles. The van der Waals surface area contributed by atoms with Gasteiger partial charge in [0, 0.05) is 23.2 Å². The molecule has 4 rings (SSSR count). The van der Waals surface area contributed by atoms with E-state index in [1.54, 1.807) is 0 Å². The van der Waals surface area contributed by atoms with E-state index < -0.39 is 5.41 Å². The molecule has 132 valence electrons. The molecule has 0 radical (unpaired) electrons. The van der Waals surface area contributed by atoms with Crippen molar-refractivity contribution >= 4 is 28.4 Å². The van der Waals surface area contributed by atoms with E-state index in [0.29, 0.717) is 11.6 Å². The lowest BCUT2D eigenvalue weighted by molar-refractivity contribution is -0.129. The summed E-state index contributed by atoms with van der Waals surface area (Å²) in [4.78, 5) is 17.4. The number of nitrogens with one attached hydrogen (secondary N) is 1. The third kappa shape index (κ3) is 3.08. The Labute approximate surface area is 158 Å². The van der Waals surface area contributed by atoms with Crippen LogP contribution in [0.1, 0.15) is 30.4 Å². The Hall–Kier alpha value is -2.39. The number of fused-ring (bicyclic) bond motifs is 1. The Balaban J connectivity index is 1.46. The van der Waals surface area contributed by atoms with Crippen LogP contribution in [0.3, 0.4) is 0 Å². The quantitative estimate of drug-likeness (QED) is 0.714. The number of pyridine rings is 1. The van der Waals surface area contributed by atoms with E-state index in [0.717, 1.165) is 47.7 Å². The Morgan fingerprint density at radius 2 is 1.92 bits per heavy atom. The average molecular weight is 365 g/mol. The predicted octanol–water partition coefficient (Wildman–Crippen LogP) is 4.67. The number of hydrogen-bond acceptors (Lipinski definition) is 2. The molecule has 1 aromatic heterocycles. The van der Waals surface area contributed by atoms with Gasteiger partial charge in [0.15, 0.2) is 0 Å². The van der Waals surface area contributed by atoms with Gasteiger partial charge in [0.05, 0.1) is 10.9 Å². The first kappa shape index (κ1) is 17.0. The lowest BCUT2D eigenvalue weighted by Crippen LogP contribution is -2.49. The molecule has 1 fully saturated rings. The molecule has 1 aliphatic carbocycles. The zero-order valence-electron chi connectivity index (χ0n) is 14.5. The van der Waals surface area contributed by atoms with Crippen LogP contribution in [-0.4, -0.2) is 17.4 Å². The summed E-state index contributed by atoms with van der Waals surface area (Å²) in [5, 5.41) is 4.96. The summed E-state index contributed by atoms with van der Waals surface area (Å²) in [6, 6.07) is 17.9. The smallest absolute Gasteiger partial charge is 0.230 e. The molecule has 3 nitrogen and oxygen atoms in total. The molecule has 0 atom stereocenters. The molecule has 1 aliphatic rings. The van der Waals surface area contributed by atoms with Gasteiger partial charge in [-0.3, -0.25) is 9.78 Å². The van der Waals surface area contributed by atoms with E-state index >= 15 is 0 Å². The van der Waals surface area contributed by atoms with Crippen molar-refractivity contribution in [2.45, 2.75) is 31.1 Å². The van der Waals surface area contributed by atoms with E-state index in [-0.39, 0.29) is 5.91 Å². The monoisotopic (exact) mass is 364 g/mol. The first-order valence-corrected chi connectivity index (χ1v) is 9.44. The fourth-order valence-electron chi connectivity index (χ4n) is 3.81. The van der Waals surface area contributed by atoms with Gasteiger partial charge >= 0.3 is 0 Å². The SMILES string of the molecule is O=C(NCCc1cccc2cccnc12)C1(c2cccc(Cl)c2)CCC1. The summed E-state index contributed by atoms with van der Waals surface area (Å²) >= 11 is 6.14. The minimum atomic E-state index is -0.415. The third-order valence-corrected chi connectivity index (χ3v) is 5.65. The second-order valence-electron chi connectivity index (χ2n) is 6.94. The van der Waals surface area contributed by atoms with Crippen molar-refractivity contribution in [2.75, 3.05) is 6.54 Å². The average Bonchev–Trinajstić information content (AvgIpc) is 2.61. The molecule has 0 saturated heterocycles. The molecular weight excluding hydrogens is 344 g/mol. The highest BCUT2D eigenvalue weighted by molar-refractivity contribution is 6.30. The molecule has 1 heterocycles. The second kappa shape index (κ2) is 7.08. The summed E-state index contributed by atoms with van der Waals surface area (Å²) in [6.45, 7) is 0.608. The number of aromatic nitrogens is 1. The normalized spacial score (nSPS) is 15.4. The number of nitrogens with zero attached hydrogens (tertiary/aromatic N) is 1. The lowest BCUT2D eigenvalue weighted by atomic mass is 9.64. The summed E-state index contributed by atoms with van der Waals surface area (Å²) in [6.07, 6.45) is 5.43. The number of para-hydroxylation sites is 1. The van der Waals surface area contributed by atoms with Crippen LogP contribution in [0.4, 0.5) is 0 Å². The fourth-order valence-corrected chi connectivity index (χ4v) is 4.00. The van der Waals surface area contributed by atoms with Crippen LogP contribution in [0.2, 0.25) is 5.02 Å². The number of halogens is 1. The molecular formula is C22H21ClN2O. The number of carbonyl (C=O) groups excluding carboxylic acids is 1. The van der Waals surface area contributed by atoms with Gasteiger partial charge in [-0.15, -0.1) is 0 Å². The van der Waals surface area contributed by atoms with Crippen molar-refractivity contribution in [3.05, 3.63) is 76.9 Å². The van der Waals surface area contributed by atoms with Gasteiger partial charge in [-0.25, -0.2) is 0 Å². The molecule has 0 unspecified atom stereocenters. The minimum absolute atomic E-state index is 0.110. The number of rotatable bonds is 5. The van der Waals surface area contributed by atoms with Gasteiger partial charge in [-0.2, -0.15) is 0 Å². The maximum absolute atomic E-state index is 12.9. The molecule has 0 aliphatic heterocycles. The lowest BCUT2D eigenvalue weighted by Gasteiger charge is -2.40. The van der Waals surface area contributed by atoms with Crippen molar-refractivity contribution < 1.29 is 4.79 Å². The van der Waals surface area contributed by atoms with E-state index in [2.05, 4.69) is 28.5 Å². The largest absolute Gasteiger partial charge is 0.355 e. The fraction of sp³-hybridized carbons (Fsp3) is 0.273. The van der Waals surface area contributed by atoms with Crippen molar-refractivity contribution in [1.29, 1.82) is 0 Å². The Morgan fingerprint density at radius 1 is 1.12 bits per heavy atom. The maximum atomic E-state index is 12.9. The molecule has 1 N–H and O–H groups in total. The summed E-state index contributed by atoms with van der Waals surface area (Å²) in [7, 11) is 0. The number of carbonyl (C=O) groups is 1. The highest BCUT2D eigenvalue weighted by atomic mass is 35.5. The molecule has 4 heteroatoms. The summed E-state index contributed by atoms with van der Waals surface area (Å²) in [5.74, 6) is 0.110. The van der Waals surface area contributed by atoms with Crippen molar-refractivity contribution in [2.24, 2.45) is 0 Å². The van der Waals surface area contributed by atoms with E-state index in [1.807, 2.05) is 42.6 Å².